The number of halogens is 1. The van der Waals surface area contributed by atoms with E-state index in [1.165, 1.54) is 0 Å². The number of hydrogen-bond acceptors (Lipinski definition) is 2. The van der Waals surface area contributed by atoms with Crippen LogP contribution in [-0.4, -0.2) is 31.1 Å². The number of rotatable bonds is 5. The molecule has 2 nitrogen and oxygen atoms in total. The molecule has 1 aliphatic heterocycles. The summed E-state index contributed by atoms with van der Waals surface area (Å²) in [5.41, 5.74) is 1.87. The van der Waals surface area contributed by atoms with Gasteiger partial charge < -0.3 is 5.32 Å². The van der Waals surface area contributed by atoms with Gasteiger partial charge in [0.15, 0.2) is 0 Å². The molecular formula is C17H27FN2. The number of hydrogen-bond donors (Lipinski definition) is 1. The lowest BCUT2D eigenvalue weighted by Crippen LogP contribution is -2.45. The summed E-state index contributed by atoms with van der Waals surface area (Å²) in [7, 11) is 0. The molecule has 112 valence electrons. The molecule has 0 aromatic heterocycles. The van der Waals surface area contributed by atoms with Crippen molar-refractivity contribution in [2.45, 2.75) is 39.7 Å². The Morgan fingerprint density at radius 1 is 1.20 bits per heavy atom. The zero-order valence-electron chi connectivity index (χ0n) is 13.0. The van der Waals surface area contributed by atoms with Crippen LogP contribution in [0, 0.1) is 18.7 Å². The first-order valence-electron chi connectivity index (χ1n) is 7.78. The zero-order valence-corrected chi connectivity index (χ0v) is 13.0. The smallest absolute Gasteiger partial charge is 0.128 e. The van der Waals surface area contributed by atoms with Crippen LogP contribution >= 0.6 is 0 Å². The quantitative estimate of drug-likeness (QED) is 0.886. The van der Waals surface area contributed by atoms with Crippen LogP contribution in [-0.2, 0) is 0 Å². The van der Waals surface area contributed by atoms with Crippen LogP contribution in [0.2, 0.25) is 0 Å². The fraction of sp³-hybridized carbons (Fsp3) is 0.647. The molecule has 0 spiro atoms. The van der Waals surface area contributed by atoms with Gasteiger partial charge in [0.2, 0.25) is 0 Å². The van der Waals surface area contributed by atoms with E-state index in [1.54, 1.807) is 6.07 Å². The van der Waals surface area contributed by atoms with Gasteiger partial charge in [0.05, 0.1) is 0 Å². The van der Waals surface area contributed by atoms with Gasteiger partial charge in [-0.1, -0.05) is 26.0 Å². The molecule has 1 fully saturated rings. The van der Waals surface area contributed by atoms with Gasteiger partial charge in [0, 0.05) is 37.8 Å². The lowest BCUT2D eigenvalue weighted by Gasteiger charge is -2.36. The summed E-state index contributed by atoms with van der Waals surface area (Å²) < 4.78 is 14.3. The van der Waals surface area contributed by atoms with E-state index in [0.717, 1.165) is 50.1 Å². The van der Waals surface area contributed by atoms with Crippen molar-refractivity contribution in [1.82, 2.24) is 10.2 Å². The van der Waals surface area contributed by atoms with E-state index in [2.05, 4.69) is 24.1 Å². The molecule has 1 aromatic rings. The number of nitrogens with one attached hydrogen (secondary N) is 1. The second-order valence-corrected chi connectivity index (χ2v) is 6.30. The SMILES string of the molecule is Cc1ccc([C@H](CCC(C)C)N2CCNCC2)c(F)c1. The van der Waals surface area contributed by atoms with Crippen LogP contribution < -0.4 is 5.32 Å². The van der Waals surface area contributed by atoms with E-state index in [1.807, 2.05) is 19.1 Å². The van der Waals surface area contributed by atoms with Crippen LogP contribution in [0.5, 0.6) is 0 Å². The summed E-state index contributed by atoms with van der Waals surface area (Å²) in [6, 6.07) is 5.90. The highest BCUT2D eigenvalue weighted by Crippen LogP contribution is 2.30. The Kier molecular flexibility index (Phi) is 5.55. The molecule has 1 aliphatic rings. The van der Waals surface area contributed by atoms with Gasteiger partial charge in [-0.3, -0.25) is 4.90 Å². The molecule has 2 rings (SSSR count). The van der Waals surface area contributed by atoms with Crippen LogP contribution in [0.3, 0.4) is 0 Å². The first-order valence-corrected chi connectivity index (χ1v) is 7.78. The molecule has 1 atom stereocenters. The van der Waals surface area contributed by atoms with Gasteiger partial charge in [0.1, 0.15) is 5.82 Å². The second-order valence-electron chi connectivity index (χ2n) is 6.30. The van der Waals surface area contributed by atoms with Crippen molar-refractivity contribution in [3.8, 4) is 0 Å². The van der Waals surface area contributed by atoms with E-state index in [4.69, 9.17) is 0 Å². The topological polar surface area (TPSA) is 15.3 Å². The van der Waals surface area contributed by atoms with Crippen molar-refractivity contribution < 1.29 is 4.39 Å². The average molecular weight is 278 g/mol. The van der Waals surface area contributed by atoms with Crippen LogP contribution in [0.15, 0.2) is 18.2 Å². The maximum absolute atomic E-state index is 14.3. The molecule has 1 N–H and O–H groups in total. The minimum atomic E-state index is -0.0442. The van der Waals surface area contributed by atoms with Crippen LogP contribution in [0.4, 0.5) is 4.39 Å². The van der Waals surface area contributed by atoms with Crippen LogP contribution in [0.25, 0.3) is 0 Å². The molecule has 1 heterocycles. The average Bonchev–Trinajstić information content (AvgIpc) is 2.42. The molecule has 1 saturated heterocycles. The van der Waals surface area contributed by atoms with Gasteiger partial charge in [-0.15, -0.1) is 0 Å². The molecule has 1 aromatic carbocycles. The number of benzene rings is 1. The summed E-state index contributed by atoms with van der Waals surface area (Å²) >= 11 is 0. The maximum atomic E-state index is 14.3. The van der Waals surface area contributed by atoms with Crippen molar-refractivity contribution in [3.05, 3.63) is 35.1 Å². The van der Waals surface area contributed by atoms with E-state index in [0.29, 0.717) is 5.92 Å². The summed E-state index contributed by atoms with van der Waals surface area (Å²) in [5.74, 6) is 0.617. The number of piperazine rings is 1. The van der Waals surface area contributed by atoms with Crippen molar-refractivity contribution in [1.29, 1.82) is 0 Å². The zero-order chi connectivity index (χ0) is 14.5. The molecule has 0 amide bonds. The standard InChI is InChI=1S/C17H27FN2/c1-13(2)4-7-17(20-10-8-19-9-11-20)15-6-5-14(3)12-16(15)18/h5-6,12-13,17,19H,4,7-11H2,1-3H3/t17-/m0/s1. The van der Waals surface area contributed by atoms with Crippen molar-refractivity contribution in [2.75, 3.05) is 26.2 Å². The monoisotopic (exact) mass is 278 g/mol. The largest absolute Gasteiger partial charge is 0.314 e. The van der Waals surface area contributed by atoms with Crippen molar-refractivity contribution >= 4 is 0 Å². The Morgan fingerprint density at radius 2 is 1.90 bits per heavy atom. The minimum Gasteiger partial charge on any atom is -0.314 e. The van der Waals surface area contributed by atoms with Gasteiger partial charge in [0.25, 0.3) is 0 Å². The first kappa shape index (κ1) is 15.5. The van der Waals surface area contributed by atoms with Crippen molar-refractivity contribution in [3.63, 3.8) is 0 Å². The Morgan fingerprint density at radius 3 is 2.50 bits per heavy atom. The van der Waals surface area contributed by atoms with Gasteiger partial charge in [-0.2, -0.15) is 0 Å². The predicted molar refractivity (Wildman–Crippen MR) is 82.4 cm³/mol. The second kappa shape index (κ2) is 7.19. The first-order chi connectivity index (χ1) is 9.58. The van der Waals surface area contributed by atoms with Gasteiger partial charge >= 0.3 is 0 Å². The predicted octanol–water partition coefficient (Wildman–Crippen LogP) is 3.52. The Labute approximate surface area is 122 Å². The highest BCUT2D eigenvalue weighted by Gasteiger charge is 2.24. The molecular weight excluding hydrogens is 251 g/mol. The fourth-order valence-corrected chi connectivity index (χ4v) is 2.92. The normalized spacial score (nSPS) is 18.4. The lowest BCUT2D eigenvalue weighted by atomic mass is 9.94. The van der Waals surface area contributed by atoms with Crippen molar-refractivity contribution in [2.24, 2.45) is 5.92 Å². The molecule has 0 bridgehead atoms. The van der Waals surface area contributed by atoms with E-state index in [9.17, 15) is 4.39 Å². The van der Waals surface area contributed by atoms with E-state index < -0.39 is 0 Å². The Balaban J connectivity index is 2.19. The third-order valence-corrected chi connectivity index (χ3v) is 4.12. The third-order valence-electron chi connectivity index (χ3n) is 4.12. The molecule has 0 unspecified atom stereocenters. The highest BCUT2D eigenvalue weighted by atomic mass is 19.1. The third kappa shape index (κ3) is 4.03. The summed E-state index contributed by atoms with van der Waals surface area (Å²) in [5, 5.41) is 3.37. The molecule has 3 heteroatoms. The Bertz CT molecular complexity index is 425. The fourth-order valence-electron chi connectivity index (χ4n) is 2.92. The van der Waals surface area contributed by atoms with Gasteiger partial charge in [-0.25, -0.2) is 4.39 Å². The van der Waals surface area contributed by atoms with E-state index >= 15 is 0 Å². The summed E-state index contributed by atoms with van der Waals surface area (Å²) in [6.07, 6.45) is 2.18. The Hall–Kier alpha value is -0.930. The molecule has 20 heavy (non-hydrogen) atoms. The van der Waals surface area contributed by atoms with Crippen LogP contribution in [0.1, 0.15) is 43.9 Å². The molecule has 0 saturated carbocycles. The van der Waals surface area contributed by atoms with E-state index in [-0.39, 0.29) is 11.9 Å². The summed E-state index contributed by atoms with van der Waals surface area (Å²) in [4.78, 5) is 2.44. The van der Waals surface area contributed by atoms with Gasteiger partial charge in [-0.05, 0) is 37.3 Å². The maximum Gasteiger partial charge on any atom is 0.128 e. The molecule has 0 radical (unpaired) electrons. The number of aryl methyl sites for hydroxylation is 1. The molecule has 0 aliphatic carbocycles. The number of nitrogens with zero attached hydrogens (tertiary/aromatic N) is 1. The summed E-state index contributed by atoms with van der Waals surface area (Å²) in [6.45, 7) is 10.4. The lowest BCUT2D eigenvalue weighted by molar-refractivity contribution is 0.156. The minimum absolute atomic E-state index is 0.0442. The highest BCUT2D eigenvalue weighted by molar-refractivity contribution is 5.26.